The lowest BCUT2D eigenvalue weighted by atomic mass is 10.2. The molecule has 126 valence electrons. The fraction of sp³-hybridized carbons (Fsp3) is 0.167. The summed E-state index contributed by atoms with van der Waals surface area (Å²) in [6.45, 7) is 1.39. The van der Waals surface area contributed by atoms with Gasteiger partial charge in [0.2, 0.25) is 0 Å². The molecule has 0 fully saturated rings. The summed E-state index contributed by atoms with van der Waals surface area (Å²) < 4.78 is 0. The number of aromatic nitrogens is 1. The van der Waals surface area contributed by atoms with E-state index in [1.165, 1.54) is 5.39 Å². The molecule has 0 saturated heterocycles. The molecule has 1 heterocycles. The van der Waals surface area contributed by atoms with Crippen molar-refractivity contribution in [1.29, 1.82) is 0 Å². The fourth-order valence-corrected chi connectivity index (χ4v) is 2.54. The summed E-state index contributed by atoms with van der Waals surface area (Å²) in [6.07, 6.45) is 0. The van der Waals surface area contributed by atoms with E-state index in [0.717, 1.165) is 27.8 Å². The van der Waals surface area contributed by atoms with E-state index >= 15 is 0 Å². The van der Waals surface area contributed by atoms with E-state index in [-0.39, 0.29) is 24.0 Å². The summed E-state index contributed by atoms with van der Waals surface area (Å²) in [5.74, 6) is 0.763. The Hall–Kier alpha value is -1.73. The fourth-order valence-electron chi connectivity index (χ4n) is 2.42. The summed E-state index contributed by atoms with van der Waals surface area (Å²) in [4.78, 5) is 7.64. The van der Waals surface area contributed by atoms with Crippen molar-refractivity contribution in [2.45, 2.75) is 13.1 Å². The van der Waals surface area contributed by atoms with Gasteiger partial charge in [-0.3, -0.25) is 4.99 Å². The molecule has 0 unspecified atom stereocenters. The Morgan fingerprint density at radius 2 is 1.75 bits per heavy atom. The van der Waals surface area contributed by atoms with Crippen molar-refractivity contribution in [1.82, 2.24) is 15.6 Å². The van der Waals surface area contributed by atoms with E-state index in [0.29, 0.717) is 13.1 Å². The summed E-state index contributed by atoms with van der Waals surface area (Å²) in [5, 5.41) is 8.56. The smallest absolute Gasteiger partial charge is 0.191 e. The number of hydrogen-bond acceptors (Lipinski definition) is 1. The van der Waals surface area contributed by atoms with Crippen molar-refractivity contribution in [2.75, 3.05) is 7.05 Å². The predicted octanol–water partition coefficient (Wildman–Crippen LogP) is 4.30. The number of guanidine groups is 1. The number of rotatable bonds is 4. The van der Waals surface area contributed by atoms with Crippen LogP contribution in [0.5, 0.6) is 0 Å². The van der Waals surface area contributed by atoms with Gasteiger partial charge in [0, 0.05) is 29.8 Å². The molecular formula is C18H20ClIN4. The van der Waals surface area contributed by atoms with Crippen LogP contribution in [0.25, 0.3) is 10.9 Å². The minimum atomic E-state index is 0. The van der Waals surface area contributed by atoms with Gasteiger partial charge < -0.3 is 15.6 Å². The average molecular weight is 455 g/mol. The molecule has 0 amide bonds. The second-order valence-corrected chi connectivity index (χ2v) is 5.72. The SMILES string of the molecule is CN=C(NCc1ccc(Cl)cc1)NCc1cc2ccccc2[nH]1.I. The number of benzene rings is 2. The molecule has 0 saturated carbocycles. The van der Waals surface area contributed by atoms with Gasteiger partial charge in [-0.05, 0) is 35.2 Å². The van der Waals surface area contributed by atoms with Gasteiger partial charge in [-0.25, -0.2) is 0 Å². The number of aromatic amines is 1. The van der Waals surface area contributed by atoms with Crippen LogP contribution in [0.15, 0.2) is 59.6 Å². The highest BCUT2D eigenvalue weighted by molar-refractivity contribution is 14.0. The molecule has 0 aliphatic carbocycles. The number of nitrogens with zero attached hydrogens (tertiary/aromatic N) is 1. The van der Waals surface area contributed by atoms with Crippen molar-refractivity contribution in [3.8, 4) is 0 Å². The van der Waals surface area contributed by atoms with Gasteiger partial charge in [-0.2, -0.15) is 0 Å². The highest BCUT2D eigenvalue weighted by Gasteiger charge is 2.02. The molecule has 4 nitrogen and oxygen atoms in total. The summed E-state index contributed by atoms with van der Waals surface area (Å²) in [6, 6.07) is 18.2. The molecule has 3 aromatic rings. The predicted molar refractivity (Wildman–Crippen MR) is 112 cm³/mol. The summed E-state index contributed by atoms with van der Waals surface area (Å²) in [7, 11) is 1.77. The zero-order valence-corrected chi connectivity index (χ0v) is 16.4. The number of hydrogen-bond donors (Lipinski definition) is 3. The third-order valence-corrected chi connectivity index (χ3v) is 3.88. The van der Waals surface area contributed by atoms with Gasteiger partial charge >= 0.3 is 0 Å². The zero-order chi connectivity index (χ0) is 16.1. The standard InChI is InChI=1S/C18H19ClN4.HI/c1-20-18(21-11-13-6-8-15(19)9-7-13)22-12-16-10-14-4-2-3-5-17(14)23-16;/h2-10,23H,11-12H2,1H3,(H2,20,21,22);1H. The first-order chi connectivity index (χ1) is 11.2. The molecule has 0 atom stereocenters. The Labute approximate surface area is 163 Å². The van der Waals surface area contributed by atoms with Crippen molar-refractivity contribution in [2.24, 2.45) is 4.99 Å². The quantitative estimate of drug-likeness (QED) is 0.313. The van der Waals surface area contributed by atoms with Crippen LogP contribution in [0, 0.1) is 0 Å². The lowest BCUT2D eigenvalue weighted by Crippen LogP contribution is -2.36. The largest absolute Gasteiger partial charge is 0.357 e. The molecule has 1 aromatic heterocycles. The minimum Gasteiger partial charge on any atom is -0.357 e. The monoisotopic (exact) mass is 454 g/mol. The molecule has 3 N–H and O–H groups in total. The number of aliphatic imine (C=N–C) groups is 1. The van der Waals surface area contributed by atoms with Crippen LogP contribution in [0.1, 0.15) is 11.3 Å². The normalized spacial score (nSPS) is 11.2. The third-order valence-electron chi connectivity index (χ3n) is 3.63. The Morgan fingerprint density at radius 1 is 1.04 bits per heavy atom. The van der Waals surface area contributed by atoms with Crippen LogP contribution in [0.3, 0.4) is 0 Å². The van der Waals surface area contributed by atoms with Crippen molar-refractivity contribution in [3.63, 3.8) is 0 Å². The van der Waals surface area contributed by atoms with E-state index in [1.54, 1.807) is 7.05 Å². The van der Waals surface area contributed by atoms with Crippen molar-refractivity contribution in [3.05, 3.63) is 70.9 Å². The average Bonchev–Trinajstić information content (AvgIpc) is 2.99. The highest BCUT2D eigenvalue weighted by Crippen LogP contribution is 2.14. The molecular weight excluding hydrogens is 435 g/mol. The van der Waals surface area contributed by atoms with Gasteiger partial charge in [-0.15, -0.1) is 24.0 Å². The van der Waals surface area contributed by atoms with Crippen LogP contribution >= 0.6 is 35.6 Å². The lowest BCUT2D eigenvalue weighted by molar-refractivity contribution is 0.799. The molecule has 0 aliphatic heterocycles. The molecule has 24 heavy (non-hydrogen) atoms. The molecule has 2 aromatic carbocycles. The van der Waals surface area contributed by atoms with Crippen LogP contribution in [0.2, 0.25) is 5.02 Å². The van der Waals surface area contributed by atoms with E-state index in [9.17, 15) is 0 Å². The Balaban J connectivity index is 0.00000208. The Bertz CT molecular complexity index is 778. The second-order valence-electron chi connectivity index (χ2n) is 5.29. The first-order valence-electron chi connectivity index (χ1n) is 7.50. The van der Waals surface area contributed by atoms with Gasteiger partial charge in [0.1, 0.15) is 0 Å². The highest BCUT2D eigenvalue weighted by atomic mass is 127. The lowest BCUT2D eigenvalue weighted by Gasteiger charge is -2.11. The number of halogens is 2. The first kappa shape index (κ1) is 18.6. The molecule has 0 bridgehead atoms. The van der Waals surface area contributed by atoms with E-state index in [4.69, 9.17) is 11.6 Å². The number of H-pyrrole nitrogens is 1. The van der Waals surface area contributed by atoms with Crippen molar-refractivity contribution >= 4 is 52.4 Å². The van der Waals surface area contributed by atoms with Crippen LogP contribution < -0.4 is 10.6 Å². The molecule has 0 aliphatic rings. The molecule has 3 rings (SSSR count). The molecule has 0 spiro atoms. The topological polar surface area (TPSA) is 52.2 Å². The zero-order valence-electron chi connectivity index (χ0n) is 13.3. The van der Waals surface area contributed by atoms with E-state index in [1.807, 2.05) is 36.4 Å². The number of nitrogens with one attached hydrogen (secondary N) is 3. The molecule has 6 heteroatoms. The Morgan fingerprint density at radius 3 is 2.46 bits per heavy atom. The van der Waals surface area contributed by atoms with Crippen LogP contribution in [-0.4, -0.2) is 18.0 Å². The Kier molecular flexibility index (Phi) is 6.93. The van der Waals surface area contributed by atoms with Gasteiger partial charge in [0.25, 0.3) is 0 Å². The summed E-state index contributed by atoms with van der Waals surface area (Å²) in [5.41, 5.74) is 3.43. The van der Waals surface area contributed by atoms with Crippen LogP contribution in [-0.2, 0) is 13.1 Å². The number of fused-ring (bicyclic) bond motifs is 1. The van der Waals surface area contributed by atoms with Gasteiger partial charge in [-0.1, -0.05) is 41.9 Å². The minimum absolute atomic E-state index is 0. The third kappa shape index (κ3) is 4.88. The van der Waals surface area contributed by atoms with E-state index in [2.05, 4.69) is 38.8 Å². The maximum absolute atomic E-state index is 5.89. The second kappa shape index (κ2) is 8.94. The first-order valence-corrected chi connectivity index (χ1v) is 7.88. The summed E-state index contributed by atoms with van der Waals surface area (Å²) >= 11 is 5.89. The van der Waals surface area contributed by atoms with Crippen LogP contribution in [0.4, 0.5) is 0 Å². The van der Waals surface area contributed by atoms with Crippen molar-refractivity contribution < 1.29 is 0 Å². The molecule has 0 radical (unpaired) electrons. The van der Waals surface area contributed by atoms with E-state index < -0.39 is 0 Å². The maximum atomic E-state index is 5.89. The maximum Gasteiger partial charge on any atom is 0.191 e. The van der Waals surface area contributed by atoms with Gasteiger partial charge in [0.05, 0.1) is 6.54 Å². The van der Waals surface area contributed by atoms with Gasteiger partial charge in [0.15, 0.2) is 5.96 Å². The number of para-hydroxylation sites is 1.